The molecule has 0 heterocycles. The van der Waals surface area contributed by atoms with Gasteiger partial charge in [0.15, 0.2) is 0 Å². The van der Waals surface area contributed by atoms with Gasteiger partial charge in [-0.2, -0.15) is 0 Å². The summed E-state index contributed by atoms with van der Waals surface area (Å²) in [5.41, 5.74) is 1.78. The molecule has 0 saturated heterocycles. The van der Waals surface area contributed by atoms with Crippen LogP contribution in [0.2, 0.25) is 5.02 Å². The van der Waals surface area contributed by atoms with E-state index in [4.69, 9.17) is 11.6 Å². The summed E-state index contributed by atoms with van der Waals surface area (Å²) in [6.45, 7) is 8.23. The van der Waals surface area contributed by atoms with Crippen molar-refractivity contribution in [2.24, 2.45) is 11.3 Å². The molecule has 0 radical (unpaired) electrons. The minimum absolute atomic E-state index is 0.415. The molecule has 2 heteroatoms. The number of hydrogen-bond donors (Lipinski definition) is 1. The van der Waals surface area contributed by atoms with Gasteiger partial charge in [-0.15, -0.1) is 0 Å². The lowest BCUT2D eigenvalue weighted by Gasteiger charge is -2.41. The predicted octanol–water partition coefficient (Wildman–Crippen LogP) is 5.08. The number of rotatable bonds is 4. The monoisotopic (exact) mass is 293 g/mol. The number of nitrogens with one attached hydrogen (secondary N) is 1. The lowest BCUT2D eigenvalue weighted by atomic mass is 9.69. The molecule has 0 bridgehead atoms. The van der Waals surface area contributed by atoms with Crippen molar-refractivity contribution in [3.8, 4) is 0 Å². The van der Waals surface area contributed by atoms with Crippen molar-refractivity contribution in [1.82, 2.24) is 5.32 Å². The summed E-state index contributed by atoms with van der Waals surface area (Å²) in [5, 5.41) is 4.63. The minimum atomic E-state index is 0.415. The highest BCUT2D eigenvalue weighted by Gasteiger charge is 2.33. The zero-order chi connectivity index (χ0) is 14.6. The predicted molar refractivity (Wildman–Crippen MR) is 88.4 cm³/mol. The second-order valence-corrected chi connectivity index (χ2v) is 7.63. The quantitative estimate of drug-likeness (QED) is 0.816. The molecule has 2 atom stereocenters. The molecule has 1 saturated carbocycles. The second kappa shape index (κ2) is 6.95. The van der Waals surface area contributed by atoms with E-state index in [1.807, 2.05) is 12.1 Å². The first kappa shape index (κ1) is 15.9. The smallest absolute Gasteiger partial charge is 0.0406 e. The Hall–Kier alpha value is -0.530. The molecule has 0 aliphatic heterocycles. The first-order chi connectivity index (χ1) is 9.47. The topological polar surface area (TPSA) is 12.0 Å². The van der Waals surface area contributed by atoms with Crippen LogP contribution < -0.4 is 5.32 Å². The molecule has 1 aromatic carbocycles. The van der Waals surface area contributed by atoms with Gasteiger partial charge in [0.1, 0.15) is 0 Å². The van der Waals surface area contributed by atoms with Crippen molar-refractivity contribution in [3.05, 3.63) is 34.9 Å². The lowest BCUT2D eigenvalue weighted by Crippen LogP contribution is -2.44. The van der Waals surface area contributed by atoms with E-state index >= 15 is 0 Å². The third-order valence-corrected chi connectivity index (χ3v) is 4.86. The molecule has 1 aliphatic carbocycles. The maximum absolute atomic E-state index is 5.92. The van der Waals surface area contributed by atoms with E-state index in [0.717, 1.165) is 23.9 Å². The highest BCUT2D eigenvalue weighted by Crippen LogP contribution is 2.37. The van der Waals surface area contributed by atoms with Gasteiger partial charge in [-0.25, -0.2) is 0 Å². The molecule has 1 aromatic rings. The van der Waals surface area contributed by atoms with Crippen LogP contribution in [0.4, 0.5) is 0 Å². The standard InChI is InChI=1S/C18H28ClN/c1-18(2,3)16-6-4-5-7-17(16)20-13-12-14-8-10-15(19)11-9-14/h8-11,16-17,20H,4-7,12-13H2,1-3H3. The van der Waals surface area contributed by atoms with Gasteiger partial charge in [0.05, 0.1) is 0 Å². The van der Waals surface area contributed by atoms with Gasteiger partial charge in [0.2, 0.25) is 0 Å². The maximum atomic E-state index is 5.92. The Morgan fingerprint density at radius 3 is 2.40 bits per heavy atom. The molecular weight excluding hydrogens is 266 g/mol. The number of halogens is 1. The molecule has 0 aromatic heterocycles. The Bertz CT molecular complexity index is 404. The summed E-state index contributed by atoms with van der Waals surface area (Å²) >= 11 is 5.92. The Morgan fingerprint density at radius 2 is 1.75 bits per heavy atom. The molecule has 0 amide bonds. The van der Waals surface area contributed by atoms with Crippen LogP contribution in [0.3, 0.4) is 0 Å². The summed E-state index contributed by atoms with van der Waals surface area (Å²) in [4.78, 5) is 0. The fraction of sp³-hybridized carbons (Fsp3) is 0.667. The van der Waals surface area contributed by atoms with E-state index in [1.165, 1.54) is 31.2 Å². The van der Waals surface area contributed by atoms with Crippen molar-refractivity contribution in [2.45, 2.75) is 58.9 Å². The van der Waals surface area contributed by atoms with Crippen molar-refractivity contribution in [2.75, 3.05) is 6.54 Å². The van der Waals surface area contributed by atoms with Crippen LogP contribution in [-0.4, -0.2) is 12.6 Å². The maximum Gasteiger partial charge on any atom is 0.0406 e. The Labute approximate surface area is 129 Å². The highest BCUT2D eigenvalue weighted by molar-refractivity contribution is 6.30. The van der Waals surface area contributed by atoms with E-state index in [9.17, 15) is 0 Å². The van der Waals surface area contributed by atoms with E-state index in [1.54, 1.807) is 0 Å². The van der Waals surface area contributed by atoms with E-state index in [0.29, 0.717) is 11.5 Å². The molecule has 1 N–H and O–H groups in total. The van der Waals surface area contributed by atoms with Crippen LogP contribution in [0.1, 0.15) is 52.0 Å². The fourth-order valence-electron chi connectivity index (χ4n) is 3.46. The summed E-state index contributed by atoms with van der Waals surface area (Å²) in [6.07, 6.45) is 6.58. The molecule has 0 spiro atoms. The van der Waals surface area contributed by atoms with Crippen LogP contribution in [0.5, 0.6) is 0 Å². The zero-order valence-electron chi connectivity index (χ0n) is 13.1. The average molecular weight is 294 g/mol. The first-order valence-electron chi connectivity index (χ1n) is 7.94. The molecule has 1 nitrogen and oxygen atoms in total. The molecular formula is C18H28ClN. The number of benzene rings is 1. The second-order valence-electron chi connectivity index (χ2n) is 7.19. The third-order valence-electron chi connectivity index (χ3n) is 4.61. The van der Waals surface area contributed by atoms with Gasteiger partial charge in [-0.3, -0.25) is 0 Å². The average Bonchev–Trinajstić information content (AvgIpc) is 2.40. The first-order valence-corrected chi connectivity index (χ1v) is 8.32. The zero-order valence-corrected chi connectivity index (χ0v) is 13.8. The summed E-state index contributed by atoms with van der Waals surface area (Å²) in [7, 11) is 0. The summed E-state index contributed by atoms with van der Waals surface area (Å²) in [6, 6.07) is 8.92. The molecule has 2 unspecified atom stereocenters. The van der Waals surface area contributed by atoms with Crippen molar-refractivity contribution >= 4 is 11.6 Å². The SMILES string of the molecule is CC(C)(C)C1CCCCC1NCCc1ccc(Cl)cc1. The Morgan fingerprint density at radius 1 is 1.10 bits per heavy atom. The third kappa shape index (κ3) is 4.49. The highest BCUT2D eigenvalue weighted by atomic mass is 35.5. The van der Waals surface area contributed by atoms with E-state index in [-0.39, 0.29) is 0 Å². The van der Waals surface area contributed by atoms with Crippen LogP contribution >= 0.6 is 11.6 Å². The van der Waals surface area contributed by atoms with E-state index < -0.39 is 0 Å². The van der Waals surface area contributed by atoms with Crippen LogP contribution in [0.15, 0.2) is 24.3 Å². The van der Waals surface area contributed by atoms with Crippen molar-refractivity contribution < 1.29 is 0 Å². The summed E-state index contributed by atoms with van der Waals surface area (Å²) in [5.74, 6) is 0.807. The summed E-state index contributed by atoms with van der Waals surface area (Å²) < 4.78 is 0. The largest absolute Gasteiger partial charge is 0.313 e. The molecule has 2 rings (SSSR count). The fourth-order valence-corrected chi connectivity index (χ4v) is 3.59. The van der Waals surface area contributed by atoms with Gasteiger partial charge < -0.3 is 5.32 Å². The van der Waals surface area contributed by atoms with Gasteiger partial charge in [-0.1, -0.05) is 57.3 Å². The molecule has 1 aliphatic rings. The lowest BCUT2D eigenvalue weighted by molar-refractivity contribution is 0.131. The normalized spacial score (nSPS) is 23.8. The van der Waals surface area contributed by atoms with Crippen LogP contribution in [0, 0.1) is 11.3 Å². The molecule has 20 heavy (non-hydrogen) atoms. The number of hydrogen-bond acceptors (Lipinski definition) is 1. The van der Waals surface area contributed by atoms with Crippen molar-refractivity contribution in [1.29, 1.82) is 0 Å². The van der Waals surface area contributed by atoms with Gasteiger partial charge in [0.25, 0.3) is 0 Å². The van der Waals surface area contributed by atoms with Gasteiger partial charge >= 0.3 is 0 Å². The van der Waals surface area contributed by atoms with Gasteiger partial charge in [0, 0.05) is 11.1 Å². The molecule has 1 fully saturated rings. The Kier molecular flexibility index (Phi) is 5.51. The van der Waals surface area contributed by atoms with Crippen LogP contribution in [0.25, 0.3) is 0 Å². The molecule has 112 valence electrons. The Balaban J connectivity index is 1.84. The van der Waals surface area contributed by atoms with E-state index in [2.05, 4.69) is 38.2 Å². The minimum Gasteiger partial charge on any atom is -0.313 e. The van der Waals surface area contributed by atoms with Crippen molar-refractivity contribution in [3.63, 3.8) is 0 Å². The van der Waals surface area contributed by atoms with Gasteiger partial charge in [-0.05, 0) is 54.8 Å². The van der Waals surface area contributed by atoms with Crippen LogP contribution in [-0.2, 0) is 6.42 Å².